The van der Waals surface area contributed by atoms with Crippen LogP contribution in [0.5, 0.6) is 0 Å². The van der Waals surface area contributed by atoms with E-state index in [2.05, 4.69) is 23.6 Å². The minimum absolute atomic E-state index is 0.117. The van der Waals surface area contributed by atoms with E-state index >= 15 is 0 Å². The number of hydrogen-bond acceptors (Lipinski definition) is 4. The number of fused-ring (bicyclic) bond motifs is 1. The van der Waals surface area contributed by atoms with E-state index in [1.54, 1.807) is 6.07 Å². The number of carbonyl (C=O) groups is 1. The highest BCUT2D eigenvalue weighted by Crippen LogP contribution is 2.43. The number of halogens is 3. The molecule has 0 N–H and O–H groups in total. The van der Waals surface area contributed by atoms with Gasteiger partial charge in [-0.3, -0.25) is 4.79 Å². The van der Waals surface area contributed by atoms with Crippen LogP contribution in [0.3, 0.4) is 0 Å². The van der Waals surface area contributed by atoms with Crippen molar-refractivity contribution >= 4 is 23.0 Å². The van der Waals surface area contributed by atoms with E-state index < -0.39 is 11.7 Å². The molecule has 0 radical (unpaired) electrons. The summed E-state index contributed by atoms with van der Waals surface area (Å²) >= 11 is 0. The van der Waals surface area contributed by atoms with E-state index in [9.17, 15) is 18.0 Å². The number of rotatable bonds is 3. The normalized spacial score (nSPS) is 18.6. The highest BCUT2D eigenvalue weighted by atomic mass is 19.4. The van der Waals surface area contributed by atoms with Crippen molar-refractivity contribution in [2.45, 2.75) is 26.4 Å². The Morgan fingerprint density at radius 3 is 2.47 bits per heavy atom. The number of alkyl halides is 3. The average Bonchev–Trinajstić information content (AvgIpc) is 2.64. The lowest BCUT2D eigenvalue weighted by Crippen LogP contribution is -2.50. The molecule has 0 unspecified atom stereocenters. The molecule has 0 bridgehead atoms. The van der Waals surface area contributed by atoms with Gasteiger partial charge in [0.25, 0.3) is 0 Å². The molecule has 0 atom stereocenters. The molecule has 2 aromatic rings. The van der Waals surface area contributed by atoms with E-state index in [-0.39, 0.29) is 17.3 Å². The van der Waals surface area contributed by atoms with Crippen LogP contribution in [-0.4, -0.2) is 32.7 Å². The molecule has 1 fully saturated rings. The van der Waals surface area contributed by atoms with Crippen LogP contribution in [0.1, 0.15) is 25.0 Å². The van der Waals surface area contributed by atoms with Gasteiger partial charge >= 0.3 is 12.1 Å². The fraction of sp³-hybridized carbons (Fsp3) is 0.435. The van der Waals surface area contributed by atoms with Gasteiger partial charge in [0.1, 0.15) is 0 Å². The molecule has 0 aromatic heterocycles. The van der Waals surface area contributed by atoms with Gasteiger partial charge in [0, 0.05) is 36.7 Å². The number of carbonyl (C=O) groups excluding carboxylic acids is 1. The minimum Gasteiger partial charge on any atom is -0.469 e. The number of ether oxygens (including phenoxy) is 1. The number of nitrogens with zero attached hydrogens (tertiary/aromatic N) is 2. The molecule has 1 saturated heterocycles. The van der Waals surface area contributed by atoms with E-state index in [4.69, 9.17) is 4.74 Å². The largest absolute Gasteiger partial charge is 0.469 e. The van der Waals surface area contributed by atoms with E-state index in [1.165, 1.54) is 13.2 Å². The quantitative estimate of drug-likeness (QED) is 0.655. The zero-order valence-electron chi connectivity index (χ0n) is 17.3. The fourth-order valence-electron chi connectivity index (χ4n) is 4.34. The summed E-state index contributed by atoms with van der Waals surface area (Å²) < 4.78 is 44.5. The van der Waals surface area contributed by atoms with Gasteiger partial charge in [-0.05, 0) is 53.8 Å². The van der Waals surface area contributed by atoms with Gasteiger partial charge in [-0.25, -0.2) is 0 Å². The average molecular weight is 418 g/mol. The predicted molar refractivity (Wildman–Crippen MR) is 110 cm³/mol. The summed E-state index contributed by atoms with van der Waals surface area (Å²) in [6.07, 6.45) is -3.76. The highest BCUT2D eigenvalue weighted by molar-refractivity contribution is 5.77. The zero-order valence-corrected chi connectivity index (χ0v) is 17.3. The fourth-order valence-corrected chi connectivity index (χ4v) is 4.34. The molecule has 2 heterocycles. The first-order valence-electron chi connectivity index (χ1n) is 9.98. The monoisotopic (exact) mass is 418 g/mol. The van der Waals surface area contributed by atoms with Crippen molar-refractivity contribution in [2.75, 3.05) is 36.5 Å². The van der Waals surface area contributed by atoms with Crippen molar-refractivity contribution in [3.05, 3.63) is 53.6 Å². The molecule has 4 rings (SSSR count). The molecule has 0 spiro atoms. The predicted octanol–water partition coefficient (Wildman–Crippen LogP) is 5.04. The van der Waals surface area contributed by atoms with Gasteiger partial charge in [-0.2, -0.15) is 13.2 Å². The summed E-state index contributed by atoms with van der Waals surface area (Å²) in [7, 11) is 1.39. The van der Waals surface area contributed by atoms with Crippen LogP contribution in [0.2, 0.25) is 0 Å². The van der Waals surface area contributed by atoms with Gasteiger partial charge in [-0.1, -0.05) is 19.9 Å². The van der Waals surface area contributed by atoms with Crippen molar-refractivity contribution < 1.29 is 22.7 Å². The Morgan fingerprint density at radius 1 is 1.10 bits per heavy atom. The van der Waals surface area contributed by atoms with Crippen molar-refractivity contribution in [3.63, 3.8) is 0 Å². The third-order valence-electron chi connectivity index (χ3n) is 5.88. The van der Waals surface area contributed by atoms with Gasteiger partial charge in [0.15, 0.2) is 0 Å². The van der Waals surface area contributed by atoms with Crippen LogP contribution in [0, 0.1) is 11.3 Å². The first kappa shape index (κ1) is 20.6. The molecule has 30 heavy (non-hydrogen) atoms. The van der Waals surface area contributed by atoms with Crippen LogP contribution in [0.15, 0.2) is 42.5 Å². The molecule has 2 aliphatic heterocycles. The second-order valence-electron chi connectivity index (χ2n) is 8.91. The number of hydrogen-bond donors (Lipinski definition) is 0. The molecular formula is C23H25F3N2O2. The Kier molecular flexibility index (Phi) is 4.95. The maximum absolute atomic E-state index is 13.2. The third kappa shape index (κ3) is 3.85. The molecule has 2 aromatic carbocycles. The summed E-state index contributed by atoms with van der Waals surface area (Å²) in [5.41, 5.74) is 2.67. The van der Waals surface area contributed by atoms with Crippen LogP contribution < -0.4 is 9.80 Å². The lowest BCUT2D eigenvalue weighted by Gasteiger charge is -2.42. The van der Waals surface area contributed by atoms with Crippen LogP contribution in [0.25, 0.3) is 0 Å². The Morgan fingerprint density at radius 2 is 1.80 bits per heavy atom. The molecule has 7 heteroatoms. The minimum atomic E-state index is -4.35. The van der Waals surface area contributed by atoms with Gasteiger partial charge in [0.05, 0.1) is 18.6 Å². The summed E-state index contributed by atoms with van der Waals surface area (Å²) in [6, 6.07) is 12.0. The van der Waals surface area contributed by atoms with Crippen LogP contribution in [-0.2, 0) is 22.1 Å². The van der Waals surface area contributed by atoms with Crippen molar-refractivity contribution in [1.29, 1.82) is 0 Å². The molecule has 0 saturated carbocycles. The van der Waals surface area contributed by atoms with E-state index in [1.807, 2.05) is 24.3 Å². The molecule has 160 valence electrons. The van der Waals surface area contributed by atoms with Crippen molar-refractivity contribution in [3.8, 4) is 0 Å². The lowest BCUT2D eigenvalue weighted by atomic mass is 9.80. The van der Waals surface area contributed by atoms with Crippen molar-refractivity contribution in [2.24, 2.45) is 11.3 Å². The second kappa shape index (κ2) is 7.22. The Balaban J connectivity index is 1.64. The Labute approximate surface area is 174 Å². The highest BCUT2D eigenvalue weighted by Gasteiger charge is 2.36. The zero-order chi connectivity index (χ0) is 21.7. The van der Waals surface area contributed by atoms with E-state index in [0.717, 1.165) is 23.1 Å². The lowest BCUT2D eigenvalue weighted by molar-refractivity contribution is -0.146. The standard InChI is InChI=1S/C23H25F3N2O2/c1-22(2)11-15-9-17(23(24,25)26)7-8-20(15)28(14-22)19-6-4-5-18(10-19)27-12-16(13-27)21(29)30-3/h4-10,16H,11-14H2,1-3H3. The molecular weight excluding hydrogens is 393 g/mol. The maximum Gasteiger partial charge on any atom is 0.416 e. The summed E-state index contributed by atoms with van der Waals surface area (Å²) in [5, 5.41) is 0. The maximum atomic E-state index is 13.2. The first-order chi connectivity index (χ1) is 14.1. The summed E-state index contributed by atoms with van der Waals surface area (Å²) in [4.78, 5) is 15.9. The topological polar surface area (TPSA) is 32.8 Å². The summed E-state index contributed by atoms with van der Waals surface area (Å²) in [5.74, 6) is -0.316. The SMILES string of the molecule is COC(=O)C1CN(c2cccc(N3CC(C)(C)Cc4cc(C(F)(F)F)ccc43)c2)C1. The summed E-state index contributed by atoms with van der Waals surface area (Å²) in [6.45, 7) is 6.06. The van der Waals surface area contributed by atoms with Gasteiger partial charge < -0.3 is 14.5 Å². The van der Waals surface area contributed by atoms with E-state index in [0.29, 0.717) is 31.6 Å². The molecule has 0 aliphatic carbocycles. The second-order valence-corrected chi connectivity index (χ2v) is 8.91. The Bertz CT molecular complexity index is 965. The van der Waals surface area contributed by atoms with Gasteiger partial charge in [-0.15, -0.1) is 0 Å². The molecule has 4 nitrogen and oxygen atoms in total. The number of benzene rings is 2. The molecule has 0 amide bonds. The van der Waals surface area contributed by atoms with Crippen LogP contribution >= 0.6 is 0 Å². The van der Waals surface area contributed by atoms with Crippen molar-refractivity contribution in [1.82, 2.24) is 0 Å². The number of anilines is 3. The van der Waals surface area contributed by atoms with Crippen LogP contribution in [0.4, 0.5) is 30.2 Å². The van der Waals surface area contributed by atoms with Gasteiger partial charge in [0.2, 0.25) is 0 Å². The number of methoxy groups -OCH3 is 1. The third-order valence-corrected chi connectivity index (χ3v) is 5.88. The number of esters is 1. The molecule has 2 aliphatic rings. The smallest absolute Gasteiger partial charge is 0.416 e. The Hall–Kier alpha value is -2.70. The first-order valence-corrected chi connectivity index (χ1v) is 9.98.